The van der Waals surface area contributed by atoms with Crippen molar-refractivity contribution in [2.45, 2.75) is 44.9 Å². The molecule has 0 aliphatic carbocycles. The van der Waals surface area contributed by atoms with Crippen molar-refractivity contribution in [3.05, 3.63) is 144 Å². The topological polar surface area (TPSA) is 176 Å². The standard InChI is InChI=1S/C23H26F2N4O4S.C18H15F2N3O3S/c24-21(25)23-27-26-22(33-23)18-10-8-17(9-11-18)15-29(19-5-2-1-3-6-19)34(31,32)14-13-28-12-4-7-20(30)16-28;1-2-27(24,25)23(15-6-4-3-5-7-15)12-13-8-10-14(11-9-13)17-21-22-18(26-17)16(19)20/h1-3,5-6,8-11,20-21,30H,4,7,12-16H2;2-11,16H,1,12H2/t20-;/m0./s1. The predicted octanol–water partition coefficient (Wildman–Crippen LogP) is 7.62. The smallest absolute Gasteiger partial charge is 0.314 e. The van der Waals surface area contributed by atoms with Crippen molar-refractivity contribution in [1.29, 1.82) is 0 Å². The van der Waals surface area contributed by atoms with Gasteiger partial charge >= 0.3 is 12.9 Å². The lowest BCUT2D eigenvalue weighted by atomic mass is 10.1. The van der Waals surface area contributed by atoms with E-state index in [9.17, 15) is 39.5 Å². The highest BCUT2D eigenvalue weighted by Crippen LogP contribution is 2.28. The molecule has 14 nitrogen and oxygen atoms in total. The molecule has 1 N–H and O–H groups in total. The number of anilines is 2. The van der Waals surface area contributed by atoms with E-state index in [4.69, 9.17) is 8.83 Å². The first kappa shape index (κ1) is 44.6. The molecule has 1 atom stereocenters. The molecule has 0 amide bonds. The van der Waals surface area contributed by atoms with Gasteiger partial charge in [-0.1, -0.05) is 67.2 Å². The zero-order valence-electron chi connectivity index (χ0n) is 32.4. The summed E-state index contributed by atoms with van der Waals surface area (Å²) in [6, 6.07) is 30.6. The number of aromatic nitrogens is 4. The van der Waals surface area contributed by atoms with Crippen LogP contribution in [0.1, 0.15) is 48.6 Å². The molecule has 2 aromatic heterocycles. The molecule has 1 aliphatic rings. The van der Waals surface area contributed by atoms with Crippen molar-refractivity contribution in [3.8, 4) is 22.9 Å². The number of alkyl halides is 4. The maximum atomic E-state index is 13.3. The van der Waals surface area contributed by atoms with Crippen LogP contribution in [-0.2, 0) is 33.1 Å². The minimum atomic E-state index is -3.71. The predicted molar refractivity (Wildman–Crippen MR) is 219 cm³/mol. The molecule has 0 bridgehead atoms. The van der Waals surface area contributed by atoms with E-state index in [-0.39, 0.29) is 30.6 Å². The normalized spacial score (nSPS) is 14.7. The van der Waals surface area contributed by atoms with Gasteiger partial charge in [0.25, 0.3) is 21.8 Å². The molecule has 1 saturated heterocycles. The van der Waals surface area contributed by atoms with Crippen molar-refractivity contribution < 1.29 is 48.3 Å². The number of piperidine rings is 1. The maximum Gasteiger partial charge on any atom is 0.314 e. The Morgan fingerprint density at radius 1 is 0.705 bits per heavy atom. The second-order valence-corrected chi connectivity index (χ2v) is 17.5. The highest BCUT2D eigenvalue weighted by atomic mass is 32.2. The second kappa shape index (κ2) is 20.1. The molecular weight excluding hydrogens is 843 g/mol. The third kappa shape index (κ3) is 11.9. The Labute approximate surface area is 349 Å². The summed E-state index contributed by atoms with van der Waals surface area (Å²) >= 11 is 0. The number of likely N-dealkylation sites (tertiary alicyclic amines) is 1. The summed E-state index contributed by atoms with van der Waals surface area (Å²) < 4.78 is 114. The molecule has 61 heavy (non-hydrogen) atoms. The number of β-amino-alcohol motifs (C(OH)–C–C–N with tert-alkyl or cyclic N) is 1. The van der Waals surface area contributed by atoms with Gasteiger partial charge in [0.05, 0.1) is 36.3 Å². The average Bonchev–Trinajstić information content (AvgIpc) is 3.98. The molecule has 4 aromatic carbocycles. The Morgan fingerprint density at radius 2 is 1.16 bits per heavy atom. The highest BCUT2D eigenvalue weighted by Gasteiger charge is 2.26. The van der Waals surface area contributed by atoms with E-state index >= 15 is 0 Å². The van der Waals surface area contributed by atoms with Crippen LogP contribution in [0.15, 0.2) is 130 Å². The van der Waals surface area contributed by atoms with Crippen LogP contribution < -0.4 is 8.61 Å². The fourth-order valence-electron chi connectivity index (χ4n) is 6.26. The number of sulfonamides is 2. The highest BCUT2D eigenvalue weighted by molar-refractivity contribution is 7.95. The fourth-order valence-corrected chi connectivity index (χ4v) is 8.68. The van der Waals surface area contributed by atoms with Crippen LogP contribution >= 0.6 is 0 Å². The van der Waals surface area contributed by atoms with Gasteiger partial charge in [-0.25, -0.2) is 16.8 Å². The number of halogens is 4. The average molecular weight is 884 g/mol. The van der Waals surface area contributed by atoms with E-state index < -0.39 is 50.8 Å². The Balaban J connectivity index is 0.000000210. The Bertz CT molecular complexity index is 2550. The third-order valence-electron chi connectivity index (χ3n) is 9.40. The number of aliphatic hydroxyl groups excluding tert-OH is 1. The SMILES string of the molecule is C=CS(=O)(=O)N(Cc1ccc(-c2nnc(C(F)F)o2)cc1)c1ccccc1.O=S(=O)(CCN1CCC[C@H](O)C1)N(Cc1ccc(-c2nnc(C(F)F)o2)cc1)c1ccccc1. The second-order valence-electron chi connectivity index (χ2n) is 13.7. The monoisotopic (exact) mass is 883 g/mol. The molecule has 322 valence electrons. The van der Waals surface area contributed by atoms with Crippen LogP contribution in [0.2, 0.25) is 0 Å². The molecular formula is C41H41F4N7O7S2. The van der Waals surface area contributed by atoms with Gasteiger partial charge in [0, 0.05) is 29.6 Å². The molecule has 6 aromatic rings. The number of aliphatic hydroxyl groups is 1. The minimum Gasteiger partial charge on any atom is -0.415 e. The molecule has 20 heteroatoms. The molecule has 0 radical (unpaired) electrons. The van der Waals surface area contributed by atoms with E-state index in [0.29, 0.717) is 46.7 Å². The minimum absolute atomic E-state index is 0.0295. The zero-order valence-corrected chi connectivity index (χ0v) is 34.1. The maximum absolute atomic E-state index is 13.3. The molecule has 0 spiro atoms. The molecule has 0 saturated carbocycles. The molecule has 3 heterocycles. The first-order valence-electron chi connectivity index (χ1n) is 18.8. The zero-order chi connectivity index (χ0) is 43.6. The van der Waals surface area contributed by atoms with Gasteiger partial charge in [0.2, 0.25) is 21.8 Å². The molecule has 1 fully saturated rings. The van der Waals surface area contributed by atoms with E-state index in [2.05, 4.69) is 27.0 Å². The van der Waals surface area contributed by atoms with Crippen LogP contribution in [0.25, 0.3) is 22.9 Å². The first-order chi connectivity index (χ1) is 29.2. The summed E-state index contributed by atoms with van der Waals surface area (Å²) in [7, 11) is -7.38. The van der Waals surface area contributed by atoms with Crippen molar-refractivity contribution in [2.75, 3.05) is 34.0 Å². The van der Waals surface area contributed by atoms with Crippen LogP contribution in [0.5, 0.6) is 0 Å². The van der Waals surface area contributed by atoms with Crippen molar-refractivity contribution in [2.24, 2.45) is 0 Å². The lowest BCUT2D eigenvalue weighted by molar-refractivity contribution is 0.0740. The van der Waals surface area contributed by atoms with Crippen LogP contribution in [0.3, 0.4) is 0 Å². The van der Waals surface area contributed by atoms with Crippen molar-refractivity contribution in [3.63, 3.8) is 0 Å². The molecule has 0 unspecified atom stereocenters. The summed E-state index contributed by atoms with van der Waals surface area (Å²) in [5, 5.41) is 24.6. The summed E-state index contributed by atoms with van der Waals surface area (Å²) in [5.41, 5.74) is 3.35. The fraction of sp³-hybridized carbons (Fsp3) is 0.268. The number of rotatable bonds is 16. The number of hydrogen-bond donors (Lipinski definition) is 1. The largest absolute Gasteiger partial charge is 0.415 e. The van der Waals surface area contributed by atoms with E-state index in [1.165, 1.54) is 8.61 Å². The van der Waals surface area contributed by atoms with Crippen LogP contribution in [0, 0.1) is 0 Å². The van der Waals surface area contributed by atoms with Gasteiger partial charge in [0.1, 0.15) is 0 Å². The quantitative estimate of drug-likeness (QED) is 0.0943. The van der Waals surface area contributed by atoms with E-state index in [1.54, 1.807) is 103 Å². The lowest BCUT2D eigenvalue weighted by Gasteiger charge is -2.31. The Kier molecular flexibility index (Phi) is 14.7. The summed E-state index contributed by atoms with van der Waals surface area (Å²) in [6.07, 6.45) is -4.53. The lowest BCUT2D eigenvalue weighted by Crippen LogP contribution is -2.43. The van der Waals surface area contributed by atoms with Gasteiger partial charge in [0.15, 0.2) is 0 Å². The van der Waals surface area contributed by atoms with Crippen molar-refractivity contribution >= 4 is 31.4 Å². The van der Waals surface area contributed by atoms with Crippen LogP contribution in [0.4, 0.5) is 28.9 Å². The third-order valence-corrected chi connectivity index (χ3v) is 12.5. The van der Waals surface area contributed by atoms with Gasteiger partial charge in [-0.05, 0) is 79.0 Å². The van der Waals surface area contributed by atoms with Gasteiger partial charge in [-0.3, -0.25) is 13.5 Å². The van der Waals surface area contributed by atoms with Crippen molar-refractivity contribution in [1.82, 2.24) is 25.3 Å². The number of hydrogen-bond acceptors (Lipinski definition) is 12. The van der Waals surface area contributed by atoms with Gasteiger partial charge < -0.3 is 13.9 Å². The summed E-state index contributed by atoms with van der Waals surface area (Å²) in [6.45, 7) is 5.13. The Hall–Kier alpha value is -5.96. The number of benzene rings is 4. The van der Waals surface area contributed by atoms with Gasteiger partial charge in [-0.15, -0.1) is 20.4 Å². The van der Waals surface area contributed by atoms with Gasteiger partial charge in [-0.2, -0.15) is 17.6 Å². The van der Waals surface area contributed by atoms with E-state index in [1.807, 2.05) is 11.0 Å². The number of para-hydroxylation sites is 2. The summed E-state index contributed by atoms with van der Waals surface area (Å²) in [4.78, 5) is 1.97. The first-order valence-corrected chi connectivity index (χ1v) is 21.9. The molecule has 1 aliphatic heterocycles. The van der Waals surface area contributed by atoms with Crippen LogP contribution in [-0.4, -0.2) is 78.7 Å². The summed E-state index contributed by atoms with van der Waals surface area (Å²) in [5.74, 6) is -1.64. The molecule has 7 rings (SSSR count). The Morgan fingerprint density at radius 3 is 1.59 bits per heavy atom. The number of nitrogens with zero attached hydrogens (tertiary/aromatic N) is 7. The van der Waals surface area contributed by atoms with E-state index in [0.717, 1.165) is 24.8 Å².